The molecule has 2 atom stereocenters. The molecule has 1 fully saturated rings. The molecule has 0 amide bonds. The van der Waals surface area contributed by atoms with Gasteiger partial charge in [-0.2, -0.15) is 0 Å². The average molecular weight is 226 g/mol. The molecule has 0 radical (unpaired) electrons. The number of hydrogen-bond donors (Lipinski definition) is 0. The maximum absolute atomic E-state index is 5.41. The molecule has 8 heavy (non-hydrogen) atoms. The molecule has 1 nitrogen and oxygen atoms in total. The SMILES string of the molecule is C[C@H]1CO[C@H](CI)C1. The van der Waals surface area contributed by atoms with Crippen LogP contribution in [0.2, 0.25) is 0 Å². The van der Waals surface area contributed by atoms with Crippen LogP contribution in [-0.4, -0.2) is 17.1 Å². The van der Waals surface area contributed by atoms with E-state index in [1.54, 1.807) is 0 Å². The molecule has 1 saturated heterocycles. The predicted octanol–water partition coefficient (Wildman–Crippen LogP) is 1.85. The smallest absolute Gasteiger partial charge is 0.0668 e. The molecule has 1 aliphatic rings. The summed E-state index contributed by atoms with van der Waals surface area (Å²) >= 11 is 2.37. The van der Waals surface area contributed by atoms with Gasteiger partial charge in [0.25, 0.3) is 0 Å². The number of alkyl halides is 1. The van der Waals surface area contributed by atoms with Crippen molar-refractivity contribution >= 4 is 22.6 Å². The van der Waals surface area contributed by atoms with Crippen molar-refractivity contribution in [1.29, 1.82) is 0 Å². The maximum Gasteiger partial charge on any atom is 0.0668 e. The van der Waals surface area contributed by atoms with Gasteiger partial charge in [0, 0.05) is 11.0 Å². The van der Waals surface area contributed by atoms with Crippen LogP contribution in [0.1, 0.15) is 13.3 Å². The van der Waals surface area contributed by atoms with Crippen LogP contribution in [0, 0.1) is 5.92 Å². The van der Waals surface area contributed by atoms with E-state index < -0.39 is 0 Å². The van der Waals surface area contributed by atoms with Gasteiger partial charge in [-0.3, -0.25) is 0 Å². The van der Waals surface area contributed by atoms with Crippen LogP contribution in [-0.2, 0) is 4.74 Å². The van der Waals surface area contributed by atoms with Gasteiger partial charge in [0.05, 0.1) is 6.10 Å². The van der Waals surface area contributed by atoms with Crippen LogP contribution >= 0.6 is 22.6 Å². The Balaban J connectivity index is 2.22. The lowest BCUT2D eigenvalue weighted by molar-refractivity contribution is 0.126. The Morgan fingerprint density at radius 1 is 1.75 bits per heavy atom. The number of ether oxygens (including phenoxy) is 1. The van der Waals surface area contributed by atoms with Gasteiger partial charge in [-0.05, 0) is 12.3 Å². The molecule has 2 heteroatoms. The number of halogens is 1. The van der Waals surface area contributed by atoms with Gasteiger partial charge in [0.1, 0.15) is 0 Å². The van der Waals surface area contributed by atoms with Crippen molar-refractivity contribution < 1.29 is 4.74 Å². The molecule has 0 aromatic rings. The second kappa shape index (κ2) is 3.01. The molecule has 0 N–H and O–H groups in total. The molecule has 0 bridgehead atoms. The summed E-state index contributed by atoms with van der Waals surface area (Å²) in [5.74, 6) is 0.801. The van der Waals surface area contributed by atoms with Gasteiger partial charge >= 0.3 is 0 Å². The van der Waals surface area contributed by atoms with Crippen molar-refractivity contribution in [3.63, 3.8) is 0 Å². The van der Waals surface area contributed by atoms with Crippen LogP contribution in [0.25, 0.3) is 0 Å². The molecule has 1 heterocycles. The van der Waals surface area contributed by atoms with E-state index in [2.05, 4.69) is 29.5 Å². The Hall–Kier alpha value is 0.690. The summed E-state index contributed by atoms with van der Waals surface area (Å²) in [6, 6.07) is 0. The number of hydrogen-bond acceptors (Lipinski definition) is 1. The van der Waals surface area contributed by atoms with Crippen molar-refractivity contribution in [1.82, 2.24) is 0 Å². The molecule has 0 aliphatic carbocycles. The summed E-state index contributed by atoms with van der Waals surface area (Å²) in [4.78, 5) is 0. The molecule has 0 aromatic heterocycles. The first-order valence-electron chi connectivity index (χ1n) is 3.00. The van der Waals surface area contributed by atoms with Crippen LogP contribution < -0.4 is 0 Å². The zero-order chi connectivity index (χ0) is 5.98. The van der Waals surface area contributed by atoms with Crippen LogP contribution in [0.15, 0.2) is 0 Å². The molecule has 0 unspecified atom stereocenters. The van der Waals surface area contributed by atoms with Crippen molar-refractivity contribution in [2.75, 3.05) is 11.0 Å². The summed E-state index contributed by atoms with van der Waals surface area (Å²) in [7, 11) is 0. The molecule has 1 rings (SSSR count). The predicted molar refractivity (Wildman–Crippen MR) is 42.4 cm³/mol. The molecule has 0 aromatic carbocycles. The molecular formula is C6H11IO. The highest BCUT2D eigenvalue weighted by molar-refractivity contribution is 14.1. The fourth-order valence-corrected chi connectivity index (χ4v) is 1.61. The zero-order valence-electron chi connectivity index (χ0n) is 5.06. The molecule has 0 spiro atoms. The zero-order valence-corrected chi connectivity index (χ0v) is 7.22. The summed E-state index contributed by atoms with van der Waals surface area (Å²) in [5.41, 5.74) is 0. The maximum atomic E-state index is 5.41. The summed E-state index contributed by atoms with van der Waals surface area (Å²) in [5, 5.41) is 0. The average Bonchev–Trinajstić information content (AvgIpc) is 2.14. The Kier molecular flexibility index (Phi) is 2.56. The first-order chi connectivity index (χ1) is 3.83. The van der Waals surface area contributed by atoms with E-state index in [0.29, 0.717) is 6.10 Å². The summed E-state index contributed by atoms with van der Waals surface area (Å²) in [6.45, 7) is 3.22. The lowest BCUT2D eigenvalue weighted by Crippen LogP contribution is -2.04. The van der Waals surface area contributed by atoms with Gasteiger partial charge in [-0.15, -0.1) is 0 Å². The minimum absolute atomic E-state index is 0.561. The molecule has 1 aliphatic heterocycles. The van der Waals surface area contributed by atoms with Crippen LogP contribution in [0.4, 0.5) is 0 Å². The van der Waals surface area contributed by atoms with Gasteiger partial charge in [-0.1, -0.05) is 29.5 Å². The normalized spacial score (nSPS) is 38.2. The minimum atomic E-state index is 0.561. The fraction of sp³-hybridized carbons (Fsp3) is 1.00. The summed E-state index contributed by atoms with van der Waals surface area (Å²) in [6.07, 6.45) is 1.83. The second-order valence-electron chi connectivity index (χ2n) is 2.45. The highest BCUT2D eigenvalue weighted by atomic mass is 127. The van der Waals surface area contributed by atoms with E-state index in [4.69, 9.17) is 4.74 Å². The lowest BCUT2D eigenvalue weighted by atomic mass is 10.1. The third-order valence-corrected chi connectivity index (χ3v) is 2.44. The first kappa shape index (κ1) is 6.81. The quantitative estimate of drug-likeness (QED) is 0.489. The standard InChI is InChI=1S/C6H11IO/c1-5-2-6(3-7)8-4-5/h5-6H,2-4H2,1H3/t5-,6+/m1/s1. The van der Waals surface area contributed by atoms with Gasteiger partial charge in [-0.25, -0.2) is 0 Å². The molecule has 48 valence electrons. The van der Waals surface area contributed by atoms with E-state index >= 15 is 0 Å². The minimum Gasteiger partial charge on any atom is -0.377 e. The van der Waals surface area contributed by atoms with E-state index in [-0.39, 0.29) is 0 Å². The Bertz CT molecular complexity index is 74.9. The topological polar surface area (TPSA) is 9.23 Å². The van der Waals surface area contributed by atoms with Crippen molar-refractivity contribution in [3.05, 3.63) is 0 Å². The summed E-state index contributed by atoms with van der Waals surface area (Å²) < 4.78 is 6.56. The van der Waals surface area contributed by atoms with E-state index in [9.17, 15) is 0 Å². The van der Waals surface area contributed by atoms with Crippen LogP contribution in [0.5, 0.6) is 0 Å². The van der Waals surface area contributed by atoms with Gasteiger partial charge in [0.15, 0.2) is 0 Å². The van der Waals surface area contributed by atoms with Gasteiger partial charge in [0.2, 0.25) is 0 Å². The first-order valence-corrected chi connectivity index (χ1v) is 4.53. The fourth-order valence-electron chi connectivity index (χ4n) is 0.993. The van der Waals surface area contributed by atoms with Crippen molar-refractivity contribution in [2.45, 2.75) is 19.4 Å². The monoisotopic (exact) mass is 226 g/mol. The number of rotatable bonds is 1. The highest BCUT2D eigenvalue weighted by Gasteiger charge is 2.19. The Morgan fingerprint density at radius 2 is 2.50 bits per heavy atom. The third-order valence-electron chi connectivity index (χ3n) is 1.45. The van der Waals surface area contributed by atoms with E-state index in [1.165, 1.54) is 6.42 Å². The molecular weight excluding hydrogens is 215 g/mol. The molecule has 0 saturated carbocycles. The lowest BCUT2D eigenvalue weighted by Gasteiger charge is -2.00. The van der Waals surface area contributed by atoms with E-state index in [1.807, 2.05) is 0 Å². The largest absolute Gasteiger partial charge is 0.377 e. The Morgan fingerprint density at radius 3 is 2.75 bits per heavy atom. The van der Waals surface area contributed by atoms with Gasteiger partial charge < -0.3 is 4.74 Å². The van der Waals surface area contributed by atoms with Crippen molar-refractivity contribution in [2.24, 2.45) is 5.92 Å². The second-order valence-corrected chi connectivity index (χ2v) is 3.33. The third kappa shape index (κ3) is 1.58. The Labute approximate surface area is 63.9 Å². The van der Waals surface area contributed by atoms with Crippen LogP contribution in [0.3, 0.4) is 0 Å². The van der Waals surface area contributed by atoms with Crippen molar-refractivity contribution in [3.8, 4) is 0 Å². The highest BCUT2D eigenvalue weighted by Crippen LogP contribution is 2.19. The van der Waals surface area contributed by atoms with E-state index in [0.717, 1.165) is 17.0 Å².